The van der Waals surface area contributed by atoms with Crippen molar-refractivity contribution >= 4 is 21.9 Å². The minimum atomic E-state index is -3.77. The van der Waals surface area contributed by atoms with Crippen LogP contribution in [0.3, 0.4) is 0 Å². The Balaban J connectivity index is 2.24. The molecular weight excluding hydrogens is 332 g/mol. The van der Waals surface area contributed by atoms with Gasteiger partial charge in [-0.05, 0) is 43.9 Å². The maximum atomic E-state index is 12.9. The Hall–Kier alpha value is -1.93. The first-order valence-electron chi connectivity index (χ1n) is 7.92. The molecule has 132 valence electrons. The van der Waals surface area contributed by atoms with Gasteiger partial charge in [0.05, 0.1) is 10.8 Å². The summed E-state index contributed by atoms with van der Waals surface area (Å²) < 4.78 is 27.2. The highest BCUT2D eigenvalue weighted by atomic mass is 32.2. The second-order valence-electron chi connectivity index (χ2n) is 5.94. The SMILES string of the molecule is CCN(C1CCC(C(=O)O)CC1)S(=O)(=O)c1cccc(C(N)=O)c1. The van der Waals surface area contributed by atoms with Crippen LogP contribution >= 0.6 is 0 Å². The molecule has 0 atom stereocenters. The van der Waals surface area contributed by atoms with Crippen LogP contribution in [0.4, 0.5) is 0 Å². The highest BCUT2D eigenvalue weighted by Gasteiger charge is 2.35. The lowest BCUT2D eigenvalue weighted by Crippen LogP contribution is -2.42. The highest BCUT2D eigenvalue weighted by molar-refractivity contribution is 7.89. The van der Waals surface area contributed by atoms with Crippen molar-refractivity contribution < 1.29 is 23.1 Å². The van der Waals surface area contributed by atoms with Crippen molar-refractivity contribution in [1.29, 1.82) is 0 Å². The zero-order valence-corrected chi connectivity index (χ0v) is 14.3. The molecule has 0 aliphatic heterocycles. The van der Waals surface area contributed by atoms with Crippen molar-refractivity contribution in [3.63, 3.8) is 0 Å². The molecule has 1 aromatic rings. The van der Waals surface area contributed by atoms with E-state index in [0.29, 0.717) is 25.7 Å². The first-order valence-corrected chi connectivity index (χ1v) is 9.36. The third kappa shape index (κ3) is 3.76. The third-order valence-corrected chi connectivity index (χ3v) is 6.51. The second kappa shape index (κ2) is 7.31. The molecule has 1 saturated carbocycles. The maximum absolute atomic E-state index is 12.9. The van der Waals surface area contributed by atoms with Crippen LogP contribution in [-0.4, -0.2) is 42.3 Å². The molecule has 0 spiro atoms. The molecule has 7 nitrogen and oxygen atoms in total. The van der Waals surface area contributed by atoms with E-state index < -0.39 is 27.8 Å². The number of carbonyl (C=O) groups is 2. The number of nitrogens with two attached hydrogens (primary N) is 1. The molecule has 0 radical (unpaired) electrons. The monoisotopic (exact) mass is 354 g/mol. The van der Waals surface area contributed by atoms with E-state index >= 15 is 0 Å². The van der Waals surface area contributed by atoms with E-state index in [-0.39, 0.29) is 23.0 Å². The molecule has 1 aliphatic carbocycles. The number of rotatable bonds is 6. The number of carboxylic acids is 1. The standard InChI is InChI=1S/C16H22N2O5S/c1-2-18(13-8-6-11(7-9-13)16(20)21)24(22,23)14-5-3-4-12(10-14)15(17)19/h3-5,10-11,13H,2,6-9H2,1H3,(H2,17,19)(H,20,21). The van der Waals surface area contributed by atoms with Gasteiger partial charge in [0.2, 0.25) is 15.9 Å². The summed E-state index contributed by atoms with van der Waals surface area (Å²) in [6.45, 7) is 2.03. The normalized spacial score (nSPS) is 21.6. The Labute approximate surface area is 141 Å². The van der Waals surface area contributed by atoms with E-state index in [4.69, 9.17) is 10.8 Å². The third-order valence-electron chi connectivity index (χ3n) is 4.49. The second-order valence-corrected chi connectivity index (χ2v) is 7.83. The van der Waals surface area contributed by atoms with Crippen LogP contribution in [0.5, 0.6) is 0 Å². The van der Waals surface area contributed by atoms with Crippen LogP contribution in [0, 0.1) is 5.92 Å². The fourth-order valence-electron chi connectivity index (χ4n) is 3.18. The molecule has 8 heteroatoms. The van der Waals surface area contributed by atoms with Gasteiger partial charge in [-0.2, -0.15) is 4.31 Å². The summed E-state index contributed by atoms with van der Waals surface area (Å²) in [5.41, 5.74) is 5.36. The Kier molecular flexibility index (Phi) is 5.61. The number of hydrogen-bond donors (Lipinski definition) is 2. The smallest absolute Gasteiger partial charge is 0.306 e. The zero-order chi connectivity index (χ0) is 17.9. The lowest BCUT2D eigenvalue weighted by molar-refractivity contribution is -0.143. The first-order chi connectivity index (χ1) is 11.3. The zero-order valence-electron chi connectivity index (χ0n) is 13.5. The summed E-state index contributed by atoms with van der Waals surface area (Å²) in [6, 6.07) is 5.45. The lowest BCUT2D eigenvalue weighted by Gasteiger charge is -2.34. The van der Waals surface area contributed by atoms with Crippen LogP contribution in [-0.2, 0) is 14.8 Å². The molecule has 24 heavy (non-hydrogen) atoms. The summed E-state index contributed by atoms with van der Waals surface area (Å²) in [4.78, 5) is 22.4. The molecule has 0 saturated heterocycles. The van der Waals surface area contributed by atoms with Gasteiger partial charge in [-0.3, -0.25) is 9.59 Å². The van der Waals surface area contributed by atoms with E-state index in [1.54, 1.807) is 6.92 Å². The van der Waals surface area contributed by atoms with E-state index in [9.17, 15) is 18.0 Å². The van der Waals surface area contributed by atoms with E-state index in [2.05, 4.69) is 0 Å². The van der Waals surface area contributed by atoms with Crippen molar-refractivity contribution in [3.8, 4) is 0 Å². The van der Waals surface area contributed by atoms with Gasteiger partial charge >= 0.3 is 5.97 Å². The van der Waals surface area contributed by atoms with Crippen molar-refractivity contribution in [1.82, 2.24) is 4.31 Å². The first kappa shape index (κ1) is 18.4. The van der Waals surface area contributed by atoms with Crippen molar-refractivity contribution in [2.45, 2.75) is 43.5 Å². The van der Waals surface area contributed by atoms with Crippen LogP contribution in [0.25, 0.3) is 0 Å². The fraction of sp³-hybridized carbons (Fsp3) is 0.500. The quantitative estimate of drug-likeness (QED) is 0.801. The number of benzene rings is 1. The summed E-state index contributed by atoms with van der Waals surface area (Å²) in [5, 5.41) is 9.07. The largest absolute Gasteiger partial charge is 0.481 e. The predicted octanol–water partition coefficient (Wildman–Crippen LogP) is 1.44. The molecule has 3 N–H and O–H groups in total. The van der Waals surface area contributed by atoms with Gasteiger partial charge < -0.3 is 10.8 Å². The van der Waals surface area contributed by atoms with Crippen molar-refractivity contribution in [3.05, 3.63) is 29.8 Å². The Morgan fingerprint density at radius 3 is 2.38 bits per heavy atom. The van der Waals surface area contributed by atoms with Gasteiger partial charge in [-0.1, -0.05) is 13.0 Å². The summed E-state index contributed by atoms with van der Waals surface area (Å²) in [5.74, 6) is -1.91. The average molecular weight is 354 g/mol. The number of carboxylic acid groups (broad SMARTS) is 1. The summed E-state index contributed by atoms with van der Waals surface area (Å²) in [6.07, 6.45) is 1.96. The molecular formula is C16H22N2O5S. The Morgan fingerprint density at radius 2 is 1.88 bits per heavy atom. The van der Waals surface area contributed by atoms with Crippen LogP contribution < -0.4 is 5.73 Å². The van der Waals surface area contributed by atoms with Gasteiger partial charge in [-0.25, -0.2) is 8.42 Å². The molecule has 0 aromatic heterocycles. The van der Waals surface area contributed by atoms with Gasteiger partial charge in [-0.15, -0.1) is 0 Å². The number of sulfonamides is 1. The van der Waals surface area contributed by atoms with Gasteiger partial charge in [0, 0.05) is 18.2 Å². The number of aliphatic carboxylic acids is 1. The number of amides is 1. The summed E-state index contributed by atoms with van der Waals surface area (Å²) >= 11 is 0. The maximum Gasteiger partial charge on any atom is 0.306 e. The predicted molar refractivity (Wildman–Crippen MR) is 87.9 cm³/mol. The molecule has 1 aromatic carbocycles. The lowest BCUT2D eigenvalue weighted by atomic mass is 9.86. The minimum Gasteiger partial charge on any atom is -0.481 e. The minimum absolute atomic E-state index is 0.0287. The molecule has 0 heterocycles. The molecule has 0 bridgehead atoms. The fourth-order valence-corrected chi connectivity index (χ4v) is 4.92. The Bertz CT molecular complexity index is 724. The van der Waals surface area contributed by atoms with Crippen LogP contribution in [0.15, 0.2) is 29.2 Å². The summed E-state index contributed by atoms with van der Waals surface area (Å²) in [7, 11) is -3.77. The Morgan fingerprint density at radius 1 is 1.25 bits per heavy atom. The average Bonchev–Trinajstić information content (AvgIpc) is 2.56. The van der Waals surface area contributed by atoms with E-state index in [0.717, 1.165) is 0 Å². The number of primary amides is 1. The number of nitrogens with zero attached hydrogens (tertiary/aromatic N) is 1. The van der Waals surface area contributed by atoms with Gasteiger partial charge in [0.1, 0.15) is 0 Å². The molecule has 1 amide bonds. The molecule has 1 aliphatic rings. The van der Waals surface area contributed by atoms with E-state index in [1.165, 1.54) is 28.6 Å². The van der Waals surface area contributed by atoms with Gasteiger partial charge in [0.15, 0.2) is 0 Å². The van der Waals surface area contributed by atoms with Gasteiger partial charge in [0.25, 0.3) is 0 Å². The van der Waals surface area contributed by atoms with E-state index in [1.807, 2.05) is 0 Å². The molecule has 2 rings (SSSR count). The number of hydrogen-bond acceptors (Lipinski definition) is 4. The highest BCUT2D eigenvalue weighted by Crippen LogP contribution is 2.31. The van der Waals surface area contributed by atoms with Crippen LogP contribution in [0.1, 0.15) is 43.0 Å². The molecule has 1 fully saturated rings. The topological polar surface area (TPSA) is 118 Å². The number of carbonyl (C=O) groups excluding carboxylic acids is 1. The van der Waals surface area contributed by atoms with Crippen molar-refractivity contribution in [2.24, 2.45) is 11.7 Å². The molecule has 0 unspecified atom stereocenters. The van der Waals surface area contributed by atoms with Crippen molar-refractivity contribution in [2.75, 3.05) is 6.54 Å². The van der Waals surface area contributed by atoms with Crippen LogP contribution in [0.2, 0.25) is 0 Å².